The highest BCUT2D eigenvalue weighted by Crippen LogP contribution is 2.54. The minimum atomic E-state index is -6.79. The predicted molar refractivity (Wildman–Crippen MR) is 46.9 cm³/mol. The summed E-state index contributed by atoms with van der Waals surface area (Å²) in [6.45, 7) is 2.62. The van der Waals surface area contributed by atoms with Gasteiger partial charge in [0.25, 0.3) is 5.67 Å². The summed E-state index contributed by atoms with van der Waals surface area (Å²) < 4.78 is 111. The van der Waals surface area contributed by atoms with Crippen molar-refractivity contribution in [3.05, 3.63) is 12.2 Å². The van der Waals surface area contributed by atoms with Gasteiger partial charge in [0.15, 0.2) is 0 Å². The third kappa shape index (κ3) is 3.18. The molecule has 0 aliphatic rings. The monoisotopic (exact) mass is 318 g/mol. The molecule has 0 saturated heterocycles. The number of aliphatic carboxylic acids is 1. The van der Waals surface area contributed by atoms with Crippen molar-refractivity contribution < 1.29 is 49.4 Å². The van der Waals surface area contributed by atoms with Crippen LogP contribution in [0.4, 0.5) is 39.5 Å². The second-order valence-electron chi connectivity index (χ2n) is 3.78. The fourth-order valence-corrected chi connectivity index (χ4v) is 1.13. The van der Waals surface area contributed by atoms with E-state index >= 15 is 0 Å². The lowest BCUT2D eigenvalue weighted by Gasteiger charge is -2.35. The lowest BCUT2D eigenvalue weighted by Crippen LogP contribution is -2.62. The highest BCUT2D eigenvalue weighted by Gasteiger charge is 2.80. The molecular formula is C9H7F9O2. The molecule has 0 aliphatic heterocycles. The summed E-state index contributed by atoms with van der Waals surface area (Å²) >= 11 is 0. The van der Waals surface area contributed by atoms with E-state index in [0.29, 0.717) is 0 Å². The van der Waals surface area contributed by atoms with Crippen molar-refractivity contribution in [2.75, 3.05) is 0 Å². The fourth-order valence-electron chi connectivity index (χ4n) is 1.13. The SMILES string of the molecule is C=C(CCC(F)(C(F)(F)F)C(F)(F)C(F)(F)F)C(=O)O. The molecule has 0 aromatic carbocycles. The fraction of sp³-hybridized carbons (Fsp3) is 0.667. The lowest BCUT2D eigenvalue weighted by molar-refractivity contribution is -0.384. The van der Waals surface area contributed by atoms with Crippen LogP contribution in [0.2, 0.25) is 0 Å². The molecule has 0 bridgehead atoms. The second-order valence-corrected chi connectivity index (χ2v) is 3.78. The normalized spacial score (nSPS) is 16.6. The lowest BCUT2D eigenvalue weighted by atomic mass is 9.89. The first-order chi connectivity index (χ1) is 8.58. The molecule has 1 unspecified atom stereocenters. The van der Waals surface area contributed by atoms with Crippen molar-refractivity contribution in [2.24, 2.45) is 0 Å². The van der Waals surface area contributed by atoms with Gasteiger partial charge in [-0.1, -0.05) is 6.58 Å². The number of carboxylic acids is 1. The number of halogens is 9. The Balaban J connectivity index is 5.57. The van der Waals surface area contributed by atoms with Crippen LogP contribution in [0.1, 0.15) is 12.8 Å². The maximum atomic E-state index is 13.4. The van der Waals surface area contributed by atoms with Crippen LogP contribution in [-0.2, 0) is 4.79 Å². The molecule has 0 amide bonds. The summed E-state index contributed by atoms with van der Waals surface area (Å²) in [5, 5.41) is 8.23. The van der Waals surface area contributed by atoms with Crippen molar-refractivity contribution in [1.82, 2.24) is 0 Å². The van der Waals surface area contributed by atoms with Crippen molar-refractivity contribution >= 4 is 5.97 Å². The second kappa shape index (κ2) is 5.17. The van der Waals surface area contributed by atoms with E-state index in [2.05, 4.69) is 6.58 Å². The van der Waals surface area contributed by atoms with Gasteiger partial charge in [-0.05, 0) is 6.42 Å². The van der Waals surface area contributed by atoms with Crippen LogP contribution in [0, 0.1) is 0 Å². The molecule has 0 aromatic rings. The number of alkyl halides is 9. The van der Waals surface area contributed by atoms with Gasteiger partial charge in [-0.15, -0.1) is 0 Å². The third-order valence-electron chi connectivity index (χ3n) is 2.38. The summed E-state index contributed by atoms with van der Waals surface area (Å²) in [5.41, 5.74) is -7.08. The Bertz CT molecular complexity index is 395. The Kier molecular flexibility index (Phi) is 4.80. The van der Waals surface area contributed by atoms with Gasteiger partial charge < -0.3 is 5.11 Å². The van der Waals surface area contributed by atoms with Gasteiger partial charge in [-0.25, -0.2) is 9.18 Å². The molecule has 0 spiro atoms. The van der Waals surface area contributed by atoms with Crippen molar-refractivity contribution in [3.8, 4) is 0 Å². The van der Waals surface area contributed by atoms with Gasteiger partial charge in [-0.3, -0.25) is 0 Å². The molecule has 118 valence electrons. The minimum Gasteiger partial charge on any atom is -0.478 e. The maximum absolute atomic E-state index is 13.4. The molecule has 0 heterocycles. The topological polar surface area (TPSA) is 37.3 Å². The Morgan fingerprint density at radius 1 is 0.900 bits per heavy atom. The standard InChI is InChI=1S/C9H7F9O2/c1-4(5(19)20)2-3-6(10,8(13,14)15)7(11,12)9(16,17)18/h1-3H2,(H,19,20). The molecule has 0 saturated carbocycles. The molecule has 0 aliphatic carbocycles. The Labute approximate surface area is 105 Å². The number of hydrogen-bond acceptors (Lipinski definition) is 1. The molecule has 0 aromatic heterocycles. The van der Waals surface area contributed by atoms with Crippen LogP contribution < -0.4 is 0 Å². The van der Waals surface area contributed by atoms with Crippen LogP contribution in [-0.4, -0.2) is 35.0 Å². The van der Waals surface area contributed by atoms with Crippen molar-refractivity contribution in [2.45, 2.75) is 36.8 Å². The molecule has 0 rings (SSSR count). The van der Waals surface area contributed by atoms with Gasteiger partial charge in [0.2, 0.25) is 0 Å². The van der Waals surface area contributed by atoms with Gasteiger partial charge >= 0.3 is 24.2 Å². The summed E-state index contributed by atoms with van der Waals surface area (Å²) in [7, 11) is 0. The van der Waals surface area contributed by atoms with Crippen LogP contribution in [0.25, 0.3) is 0 Å². The Hall–Kier alpha value is -1.42. The first-order valence-corrected chi connectivity index (χ1v) is 4.69. The molecule has 0 fully saturated rings. The molecule has 1 N–H and O–H groups in total. The zero-order valence-corrected chi connectivity index (χ0v) is 9.38. The van der Waals surface area contributed by atoms with Gasteiger partial charge in [0.05, 0.1) is 0 Å². The maximum Gasteiger partial charge on any atom is 0.457 e. The highest BCUT2D eigenvalue weighted by atomic mass is 19.4. The number of rotatable bonds is 5. The van der Waals surface area contributed by atoms with Gasteiger partial charge in [0, 0.05) is 12.0 Å². The number of hydrogen-bond donors (Lipinski definition) is 1. The largest absolute Gasteiger partial charge is 0.478 e. The quantitative estimate of drug-likeness (QED) is 0.617. The predicted octanol–water partition coefficient (Wildman–Crippen LogP) is 3.88. The third-order valence-corrected chi connectivity index (χ3v) is 2.38. The van der Waals surface area contributed by atoms with Crippen LogP contribution in [0.15, 0.2) is 12.2 Å². The molecule has 1 atom stereocenters. The zero-order chi connectivity index (χ0) is 16.6. The Morgan fingerprint density at radius 2 is 1.30 bits per heavy atom. The molecule has 0 radical (unpaired) electrons. The first-order valence-electron chi connectivity index (χ1n) is 4.69. The average molecular weight is 318 g/mol. The van der Waals surface area contributed by atoms with Gasteiger partial charge in [-0.2, -0.15) is 35.1 Å². The average Bonchev–Trinajstić information content (AvgIpc) is 2.21. The summed E-state index contributed by atoms with van der Waals surface area (Å²) in [4.78, 5) is 10.2. The Morgan fingerprint density at radius 3 is 1.55 bits per heavy atom. The molecule has 20 heavy (non-hydrogen) atoms. The summed E-state index contributed by atoms with van der Waals surface area (Å²) in [6.07, 6.45) is -17.3. The van der Waals surface area contributed by atoms with Crippen LogP contribution in [0.3, 0.4) is 0 Å². The van der Waals surface area contributed by atoms with Gasteiger partial charge in [0.1, 0.15) is 0 Å². The smallest absolute Gasteiger partial charge is 0.457 e. The summed E-state index contributed by atoms with van der Waals surface area (Å²) in [5.74, 6) is -8.67. The van der Waals surface area contributed by atoms with E-state index in [1.165, 1.54) is 0 Å². The number of carboxylic acid groups (broad SMARTS) is 1. The van der Waals surface area contributed by atoms with E-state index in [0.717, 1.165) is 0 Å². The zero-order valence-electron chi connectivity index (χ0n) is 9.38. The van der Waals surface area contributed by atoms with E-state index in [9.17, 15) is 44.3 Å². The summed E-state index contributed by atoms with van der Waals surface area (Å²) in [6, 6.07) is 0. The molecular weight excluding hydrogens is 311 g/mol. The molecule has 11 heteroatoms. The van der Waals surface area contributed by atoms with Crippen LogP contribution >= 0.6 is 0 Å². The van der Waals surface area contributed by atoms with E-state index in [4.69, 9.17) is 5.11 Å². The molecule has 2 nitrogen and oxygen atoms in total. The van der Waals surface area contributed by atoms with E-state index < -0.39 is 48.3 Å². The highest BCUT2D eigenvalue weighted by molar-refractivity contribution is 5.85. The minimum absolute atomic E-state index is 1.13. The van der Waals surface area contributed by atoms with E-state index in [1.54, 1.807) is 0 Å². The van der Waals surface area contributed by atoms with Crippen LogP contribution in [0.5, 0.6) is 0 Å². The van der Waals surface area contributed by atoms with E-state index in [-0.39, 0.29) is 0 Å². The number of carbonyl (C=O) groups is 1. The van der Waals surface area contributed by atoms with Crippen molar-refractivity contribution in [3.63, 3.8) is 0 Å². The first kappa shape index (κ1) is 18.6. The van der Waals surface area contributed by atoms with E-state index in [1.807, 2.05) is 0 Å². The van der Waals surface area contributed by atoms with Crippen molar-refractivity contribution in [1.29, 1.82) is 0 Å².